The molecule has 1 aromatic carbocycles. The summed E-state index contributed by atoms with van der Waals surface area (Å²) in [6, 6.07) is 7.87. The molecule has 1 fully saturated rings. The van der Waals surface area contributed by atoms with Crippen molar-refractivity contribution in [2.45, 2.75) is 17.9 Å². The molecule has 1 aliphatic heterocycles. The summed E-state index contributed by atoms with van der Waals surface area (Å²) in [6.45, 7) is 1.66. The number of nitrogens with zero attached hydrogens (tertiary/aromatic N) is 1. The van der Waals surface area contributed by atoms with Crippen molar-refractivity contribution >= 4 is 35.4 Å². The van der Waals surface area contributed by atoms with Crippen LogP contribution >= 0.6 is 23.5 Å². The van der Waals surface area contributed by atoms with Crippen molar-refractivity contribution in [3.05, 3.63) is 29.8 Å². The molecule has 24 heavy (non-hydrogen) atoms. The minimum absolute atomic E-state index is 0.0882. The van der Waals surface area contributed by atoms with Crippen LogP contribution in [0.5, 0.6) is 5.75 Å². The monoisotopic (exact) mass is 369 g/mol. The SMILES string of the molecule is CC(CN(C)C(=O)COc1ccc(C2SCCCS2)cc1)C(=O)O. The van der Waals surface area contributed by atoms with E-state index in [-0.39, 0.29) is 19.1 Å². The number of thioether (sulfide) groups is 2. The van der Waals surface area contributed by atoms with Gasteiger partial charge < -0.3 is 14.7 Å². The number of carboxylic acids is 1. The summed E-state index contributed by atoms with van der Waals surface area (Å²) in [4.78, 5) is 24.2. The Kier molecular flexibility index (Phi) is 7.30. The predicted octanol–water partition coefficient (Wildman–Crippen LogP) is 3.11. The first kappa shape index (κ1) is 19.0. The van der Waals surface area contributed by atoms with Crippen LogP contribution < -0.4 is 4.74 Å². The maximum atomic E-state index is 12.0. The van der Waals surface area contributed by atoms with Gasteiger partial charge in [-0.05, 0) is 35.6 Å². The molecule has 1 aromatic rings. The van der Waals surface area contributed by atoms with Gasteiger partial charge in [-0.2, -0.15) is 0 Å². The minimum Gasteiger partial charge on any atom is -0.484 e. The minimum atomic E-state index is -0.912. The molecule has 2 rings (SSSR count). The van der Waals surface area contributed by atoms with Gasteiger partial charge in [-0.15, -0.1) is 23.5 Å². The second kappa shape index (κ2) is 9.22. The molecule has 0 spiro atoms. The van der Waals surface area contributed by atoms with Crippen molar-refractivity contribution in [3.63, 3.8) is 0 Å². The first-order valence-corrected chi connectivity index (χ1v) is 10.00. The van der Waals surface area contributed by atoms with Crippen LogP contribution in [-0.4, -0.2) is 53.6 Å². The van der Waals surface area contributed by atoms with E-state index in [1.165, 1.54) is 28.4 Å². The molecule has 132 valence electrons. The highest BCUT2D eigenvalue weighted by Crippen LogP contribution is 2.43. The van der Waals surface area contributed by atoms with Crippen molar-refractivity contribution in [2.24, 2.45) is 5.92 Å². The standard InChI is InChI=1S/C17H23NO4S2/c1-12(16(20)21)10-18(2)15(19)11-22-14-6-4-13(5-7-14)17-23-8-3-9-24-17/h4-7,12,17H,3,8-11H2,1-2H3,(H,20,21). The number of carbonyl (C=O) groups is 2. The van der Waals surface area contributed by atoms with Gasteiger partial charge in [-0.3, -0.25) is 9.59 Å². The van der Waals surface area contributed by atoms with Crippen LogP contribution in [0.4, 0.5) is 0 Å². The second-order valence-electron chi connectivity index (χ2n) is 5.80. The van der Waals surface area contributed by atoms with Gasteiger partial charge in [0.25, 0.3) is 5.91 Å². The average Bonchev–Trinajstić information content (AvgIpc) is 2.60. The summed E-state index contributed by atoms with van der Waals surface area (Å²) in [6.07, 6.45) is 1.27. The predicted molar refractivity (Wildman–Crippen MR) is 98.6 cm³/mol. The van der Waals surface area contributed by atoms with Gasteiger partial charge in [0, 0.05) is 13.6 Å². The number of amides is 1. The van der Waals surface area contributed by atoms with Gasteiger partial charge in [-0.25, -0.2) is 0 Å². The number of carboxylic acid groups (broad SMARTS) is 1. The number of likely N-dealkylation sites (N-methyl/N-ethyl adjacent to an activating group) is 1. The molecule has 0 radical (unpaired) electrons. The first-order chi connectivity index (χ1) is 11.5. The maximum Gasteiger partial charge on any atom is 0.308 e. The summed E-state index contributed by atoms with van der Waals surface area (Å²) in [5, 5.41) is 8.88. The summed E-state index contributed by atoms with van der Waals surface area (Å²) < 4.78 is 6.01. The van der Waals surface area contributed by atoms with Crippen molar-refractivity contribution in [1.82, 2.24) is 4.90 Å². The Hall–Kier alpha value is -1.34. The van der Waals surface area contributed by atoms with Gasteiger partial charge in [0.15, 0.2) is 6.61 Å². The smallest absolute Gasteiger partial charge is 0.308 e. The van der Waals surface area contributed by atoms with Crippen LogP contribution in [0.15, 0.2) is 24.3 Å². The number of aliphatic carboxylic acids is 1. The molecule has 1 heterocycles. The lowest BCUT2D eigenvalue weighted by Crippen LogP contribution is -2.36. The molecule has 1 saturated heterocycles. The van der Waals surface area contributed by atoms with E-state index < -0.39 is 11.9 Å². The average molecular weight is 370 g/mol. The zero-order valence-electron chi connectivity index (χ0n) is 13.9. The lowest BCUT2D eigenvalue weighted by Gasteiger charge is -2.21. The van der Waals surface area contributed by atoms with Crippen molar-refractivity contribution < 1.29 is 19.4 Å². The molecule has 0 aliphatic carbocycles. The molecular weight excluding hydrogens is 346 g/mol. The molecule has 1 N–H and O–H groups in total. The Balaban J connectivity index is 1.81. The third kappa shape index (κ3) is 5.63. The topological polar surface area (TPSA) is 66.8 Å². The van der Waals surface area contributed by atoms with Crippen LogP contribution in [-0.2, 0) is 9.59 Å². The number of hydrogen-bond donors (Lipinski definition) is 1. The van der Waals surface area contributed by atoms with E-state index in [4.69, 9.17) is 9.84 Å². The zero-order valence-corrected chi connectivity index (χ0v) is 15.6. The van der Waals surface area contributed by atoms with Crippen LogP contribution in [0, 0.1) is 5.92 Å². The molecule has 1 unspecified atom stereocenters. The van der Waals surface area contributed by atoms with E-state index in [2.05, 4.69) is 0 Å². The number of rotatable bonds is 7. The molecule has 0 bridgehead atoms. The molecular formula is C17H23NO4S2. The third-order valence-corrected chi connectivity index (χ3v) is 6.75. The highest BCUT2D eigenvalue weighted by atomic mass is 32.2. The molecule has 1 atom stereocenters. The lowest BCUT2D eigenvalue weighted by atomic mass is 10.2. The Morgan fingerprint density at radius 3 is 2.50 bits per heavy atom. The van der Waals surface area contributed by atoms with Gasteiger partial charge in [0.1, 0.15) is 5.75 Å². The Labute approximate surface area is 151 Å². The maximum absolute atomic E-state index is 12.0. The second-order valence-corrected chi connectivity index (χ2v) is 8.52. The zero-order chi connectivity index (χ0) is 17.5. The fraction of sp³-hybridized carbons (Fsp3) is 0.529. The fourth-order valence-corrected chi connectivity index (χ4v) is 5.14. The molecule has 5 nitrogen and oxygen atoms in total. The molecule has 1 amide bonds. The summed E-state index contributed by atoms with van der Waals surface area (Å²) in [7, 11) is 1.59. The Bertz CT molecular complexity index is 558. The van der Waals surface area contributed by atoms with E-state index >= 15 is 0 Å². The summed E-state index contributed by atoms with van der Waals surface area (Å²) >= 11 is 3.93. The molecule has 0 saturated carbocycles. The summed E-state index contributed by atoms with van der Waals surface area (Å²) in [5.41, 5.74) is 1.27. The largest absolute Gasteiger partial charge is 0.484 e. The lowest BCUT2D eigenvalue weighted by molar-refractivity contribution is -0.143. The van der Waals surface area contributed by atoms with E-state index in [0.717, 1.165) is 0 Å². The number of ether oxygens (including phenoxy) is 1. The molecule has 0 aromatic heterocycles. The highest BCUT2D eigenvalue weighted by Gasteiger charge is 2.18. The highest BCUT2D eigenvalue weighted by molar-refractivity contribution is 8.16. The Morgan fingerprint density at radius 1 is 1.29 bits per heavy atom. The first-order valence-electron chi connectivity index (χ1n) is 7.90. The summed E-state index contributed by atoms with van der Waals surface area (Å²) in [5.74, 6) is 1.31. The normalized spacial score (nSPS) is 16.4. The van der Waals surface area contributed by atoms with E-state index in [0.29, 0.717) is 10.3 Å². The molecule has 1 aliphatic rings. The van der Waals surface area contributed by atoms with Crippen LogP contribution in [0.2, 0.25) is 0 Å². The van der Waals surface area contributed by atoms with Gasteiger partial charge in [0.2, 0.25) is 0 Å². The van der Waals surface area contributed by atoms with E-state index in [1.54, 1.807) is 14.0 Å². The number of carbonyl (C=O) groups excluding carboxylic acids is 1. The number of hydrogen-bond acceptors (Lipinski definition) is 5. The van der Waals surface area contributed by atoms with E-state index in [1.807, 2.05) is 47.8 Å². The Morgan fingerprint density at radius 2 is 1.92 bits per heavy atom. The van der Waals surface area contributed by atoms with Crippen LogP contribution in [0.3, 0.4) is 0 Å². The molecule has 7 heteroatoms. The van der Waals surface area contributed by atoms with E-state index in [9.17, 15) is 9.59 Å². The third-order valence-electron chi connectivity index (χ3n) is 3.74. The number of benzene rings is 1. The van der Waals surface area contributed by atoms with Crippen molar-refractivity contribution in [3.8, 4) is 5.75 Å². The quantitative estimate of drug-likeness (QED) is 0.797. The van der Waals surface area contributed by atoms with Crippen molar-refractivity contribution in [2.75, 3.05) is 31.7 Å². The van der Waals surface area contributed by atoms with Crippen LogP contribution in [0.1, 0.15) is 23.5 Å². The van der Waals surface area contributed by atoms with Crippen molar-refractivity contribution in [1.29, 1.82) is 0 Å². The van der Waals surface area contributed by atoms with Gasteiger partial charge in [0.05, 0.1) is 10.5 Å². The van der Waals surface area contributed by atoms with Crippen LogP contribution in [0.25, 0.3) is 0 Å². The van der Waals surface area contributed by atoms with Gasteiger partial charge in [-0.1, -0.05) is 19.1 Å². The van der Waals surface area contributed by atoms with Gasteiger partial charge >= 0.3 is 5.97 Å². The fourth-order valence-electron chi connectivity index (χ4n) is 2.25.